The number of carbonyl (C=O) groups excluding carboxylic acids is 2. The maximum atomic E-state index is 11.5. The molecule has 0 saturated carbocycles. The maximum Gasteiger partial charge on any atom is 0.319 e. The third-order valence-corrected chi connectivity index (χ3v) is 2.63. The lowest BCUT2D eigenvalue weighted by atomic mass is 10.2. The summed E-state index contributed by atoms with van der Waals surface area (Å²) in [6.45, 7) is 2.97. The van der Waals surface area contributed by atoms with Crippen LogP contribution in [0.3, 0.4) is 0 Å². The summed E-state index contributed by atoms with van der Waals surface area (Å²) < 4.78 is 5.43. The number of nitrogens with one attached hydrogen (secondary N) is 3. The highest BCUT2D eigenvalue weighted by Crippen LogP contribution is 2.29. The van der Waals surface area contributed by atoms with Gasteiger partial charge in [0.2, 0.25) is 5.91 Å². The minimum absolute atomic E-state index is 0.0914. The molecule has 0 fully saturated rings. The van der Waals surface area contributed by atoms with E-state index in [4.69, 9.17) is 4.74 Å². The van der Waals surface area contributed by atoms with Crippen molar-refractivity contribution in [3.63, 3.8) is 0 Å². The van der Waals surface area contributed by atoms with Crippen molar-refractivity contribution in [2.45, 2.75) is 19.8 Å². The molecule has 2 rings (SSSR count). The molecule has 1 aromatic rings. The standard InChI is InChI=1S/C13H17N3O3/c1-2-6-14-13(18)15-9-3-4-11-10(8-9)16-12(17)5-7-19-11/h3-4,8H,2,5-7H2,1H3,(H,16,17)(H2,14,15,18). The molecule has 1 aliphatic rings. The summed E-state index contributed by atoms with van der Waals surface area (Å²) in [4.78, 5) is 23.0. The molecule has 102 valence electrons. The molecular formula is C13H17N3O3. The van der Waals surface area contributed by atoms with Crippen molar-refractivity contribution >= 4 is 23.3 Å². The number of amides is 3. The first-order valence-corrected chi connectivity index (χ1v) is 6.30. The highest BCUT2D eigenvalue weighted by atomic mass is 16.5. The van der Waals surface area contributed by atoms with Crippen LogP contribution in [-0.2, 0) is 4.79 Å². The third kappa shape index (κ3) is 3.61. The first-order chi connectivity index (χ1) is 9.19. The Morgan fingerprint density at radius 3 is 3.11 bits per heavy atom. The highest BCUT2D eigenvalue weighted by molar-refractivity contribution is 5.95. The maximum absolute atomic E-state index is 11.5. The van der Waals surface area contributed by atoms with Crippen molar-refractivity contribution in [3.8, 4) is 5.75 Å². The Morgan fingerprint density at radius 2 is 2.32 bits per heavy atom. The summed E-state index contributed by atoms with van der Waals surface area (Å²) in [7, 11) is 0. The zero-order chi connectivity index (χ0) is 13.7. The molecule has 0 spiro atoms. The first kappa shape index (κ1) is 13.2. The Balaban J connectivity index is 2.07. The molecule has 0 unspecified atom stereocenters. The van der Waals surface area contributed by atoms with Gasteiger partial charge in [-0.15, -0.1) is 0 Å². The predicted octanol–water partition coefficient (Wildman–Crippen LogP) is 1.94. The van der Waals surface area contributed by atoms with E-state index < -0.39 is 0 Å². The second-order valence-electron chi connectivity index (χ2n) is 4.24. The lowest BCUT2D eigenvalue weighted by Crippen LogP contribution is -2.29. The van der Waals surface area contributed by atoms with Gasteiger partial charge in [0, 0.05) is 12.2 Å². The molecular weight excluding hydrogens is 246 g/mol. The topological polar surface area (TPSA) is 79.5 Å². The zero-order valence-electron chi connectivity index (χ0n) is 10.8. The first-order valence-electron chi connectivity index (χ1n) is 6.30. The van der Waals surface area contributed by atoms with Crippen LogP contribution in [0.15, 0.2) is 18.2 Å². The zero-order valence-corrected chi connectivity index (χ0v) is 10.8. The predicted molar refractivity (Wildman–Crippen MR) is 72.5 cm³/mol. The Kier molecular flexibility index (Phi) is 4.22. The Labute approximate surface area is 111 Å². The summed E-state index contributed by atoms with van der Waals surface area (Å²) in [5.41, 5.74) is 1.19. The molecule has 1 aromatic carbocycles. The second kappa shape index (κ2) is 6.08. The summed E-state index contributed by atoms with van der Waals surface area (Å²) in [5, 5.41) is 8.16. The summed E-state index contributed by atoms with van der Waals surface area (Å²) in [6, 6.07) is 4.89. The number of rotatable bonds is 3. The fourth-order valence-corrected chi connectivity index (χ4v) is 1.71. The number of benzene rings is 1. The normalized spacial score (nSPS) is 13.6. The van der Waals surface area contributed by atoms with Crippen LogP contribution >= 0.6 is 0 Å². The molecule has 19 heavy (non-hydrogen) atoms. The monoisotopic (exact) mass is 263 g/mol. The fraction of sp³-hybridized carbons (Fsp3) is 0.385. The van der Waals surface area contributed by atoms with Crippen molar-refractivity contribution in [3.05, 3.63) is 18.2 Å². The minimum atomic E-state index is -0.261. The molecule has 0 aliphatic carbocycles. The van der Waals surface area contributed by atoms with Gasteiger partial charge in [0.15, 0.2) is 0 Å². The van der Waals surface area contributed by atoms with E-state index in [9.17, 15) is 9.59 Å². The molecule has 0 radical (unpaired) electrons. The highest BCUT2D eigenvalue weighted by Gasteiger charge is 2.14. The molecule has 3 N–H and O–H groups in total. The van der Waals surface area contributed by atoms with Gasteiger partial charge in [0.25, 0.3) is 0 Å². The van der Waals surface area contributed by atoms with E-state index in [0.717, 1.165) is 6.42 Å². The van der Waals surface area contributed by atoms with Gasteiger partial charge in [-0.1, -0.05) is 6.92 Å². The number of anilines is 2. The average molecular weight is 263 g/mol. The van der Waals surface area contributed by atoms with E-state index in [0.29, 0.717) is 36.7 Å². The number of hydrogen-bond donors (Lipinski definition) is 3. The Hall–Kier alpha value is -2.24. The van der Waals surface area contributed by atoms with E-state index >= 15 is 0 Å². The van der Waals surface area contributed by atoms with Crippen LogP contribution in [0.25, 0.3) is 0 Å². The van der Waals surface area contributed by atoms with E-state index in [-0.39, 0.29) is 11.9 Å². The van der Waals surface area contributed by atoms with E-state index in [1.807, 2.05) is 6.92 Å². The quantitative estimate of drug-likeness (QED) is 0.779. The van der Waals surface area contributed by atoms with Crippen molar-refractivity contribution in [2.24, 2.45) is 0 Å². The lowest BCUT2D eigenvalue weighted by Gasteiger charge is -2.11. The van der Waals surface area contributed by atoms with Gasteiger partial charge in [-0.25, -0.2) is 4.79 Å². The largest absolute Gasteiger partial charge is 0.491 e. The van der Waals surface area contributed by atoms with E-state index in [2.05, 4.69) is 16.0 Å². The Bertz CT molecular complexity index is 488. The number of fused-ring (bicyclic) bond motifs is 1. The van der Waals surface area contributed by atoms with Crippen LogP contribution in [0.4, 0.5) is 16.2 Å². The van der Waals surface area contributed by atoms with Gasteiger partial charge in [-0.05, 0) is 24.6 Å². The van der Waals surface area contributed by atoms with Crippen LogP contribution in [0, 0.1) is 0 Å². The van der Waals surface area contributed by atoms with Crippen LogP contribution in [-0.4, -0.2) is 25.1 Å². The van der Waals surface area contributed by atoms with Crippen LogP contribution in [0.1, 0.15) is 19.8 Å². The third-order valence-electron chi connectivity index (χ3n) is 2.63. The van der Waals surface area contributed by atoms with Gasteiger partial charge in [-0.2, -0.15) is 0 Å². The summed E-state index contributed by atoms with van der Waals surface area (Å²) in [6.07, 6.45) is 1.20. The SMILES string of the molecule is CCCNC(=O)Nc1ccc2c(c1)NC(=O)CCO2. The molecule has 6 heteroatoms. The summed E-state index contributed by atoms with van der Waals surface area (Å²) >= 11 is 0. The molecule has 0 aromatic heterocycles. The van der Waals surface area contributed by atoms with Crippen molar-refractivity contribution in [1.82, 2.24) is 5.32 Å². The molecule has 0 bridgehead atoms. The lowest BCUT2D eigenvalue weighted by molar-refractivity contribution is -0.116. The fourth-order valence-electron chi connectivity index (χ4n) is 1.71. The van der Waals surface area contributed by atoms with Crippen molar-refractivity contribution in [2.75, 3.05) is 23.8 Å². The van der Waals surface area contributed by atoms with Gasteiger partial charge < -0.3 is 20.7 Å². The van der Waals surface area contributed by atoms with Crippen LogP contribution in [0.5, 0.6) is 5.75 Å². The minimum Gasteiger partial charge on any atom is -0.491 e. The number of ether oxygens (including phenoxy) is 1. The van der Waals surface area contributed by atoms with E-state index in [1.165, 1.54) is 0 Å². The molecule has 0 atom stereocenters. The molecule has 1 aliphatic heterocycles. The number of hydrogen-bond acceptors (Lipinski definition) is 3. The number of carbonyl (C=O) groups is 2. The van der Waals surface area contributed by atoms with Gasteiger partial charge in [-0.3, -0.25) is 4.79 Å². The molecule has 6 nitrogen and oxygen atoms in total. The smallest absolute Gasteiger partial charge is 0.319 e. The number of urea groups is 1. The summed E-state index contributed by atoms with van der Waals surface area (Å²) in [5.74, 6) is 0.525. The van der Waals surface area contributed by atoms with Crippen molar-refractivity contribution < 1.29 is 14.3 Å². The second-order valence-corrected chi connectivity index (χ2v) is 4.24. The Morgan fingerprint density at radius 1 is 1.47 bits per heavy atom. The van der Waals surface area contributed by atoms with Crippen molar-refractivity contribution in [1.29, 1.82) is 0 Å². The van der Waals surface area contributed by atoms with Crippen LogP contribution < -0.4 is 20.7 Å². The van der Waals surface area contributed by atoms with Gasteiger partial charge in [0.05, 0.1) is 18.7 Å². The van der Waals surface area contributed by atoms with E-state index in [1.54, 1.807) is 18.2 Å². The molecule has 3 amide bonds. The van der Waals surface area contributed by atoms with Gasteiger partial charge in [0.1, 0.15) is 5.75 Å². The average Bonchev–Trinajstić information content (AvgIpc) is 2.56. The molecule has 1 heterocycles. The van der Waals surface area contributed by atoms with Gasteiger partial charge >= 0.3 is 6.03 Å². The molecule has 0 saturated heterocycles. The van der Waals surface area contributed by atoms with Crippen LogP contribution in [0.2, 0.25) is 0 Å².